The van der Waals surface area contributed by atoms with Crippen LogP contribution in [0, 0.1) is 6.92 Å². The zero-order valence-corrected chi connectivity index (χ0v) is 15.3. The van der Waals surface area contributed by atoms with Crippen LogP contribution in [0.3, 0.4) is 0 Å². The summed E-state index contributed by atoms with van der Waals surface area (Å²) >= 11 is 6.06. The summed E-state index contributed by atoms with van der Waals surface area (Å²) in [6.07, 6.45) is 4.92. The molecule has 0 spiro atoms. The normalized spacial score (nSPS) is 15.2. The molecule has 0 unspecified atom stereocenters. The van der Waals surface area contributed by atoms with Gasteiger partial charge in [0.2, 0.25) is 0 Å². The fraction of sp³-hybridized carbons (Fsp3) is 0.250. The predicted octanol–water partition coefficient (Wildman–Crippen LogP) is 3.50. The Bertz CT molecular complexity index is 1040. The van der Waals surface area contributed by atoms with E-state index >= 15 is 0 Å². The Balaban J connectivity index is 1.66. The molecule has 26 heavy (non-hydrogen) atoms. The number of rotatable bonds is 3. The second kappa shape index (κ2) is 7.02. The van der Waals surface area contributed by atoms with Crippen molar-refractivity contribution in [3.63, 3.8) is 0 Å². The Morgan fingerprint density at radius 1 is 1.23 bits per heavy atom. The van der Waals surface area contributed by atoms with Crippen molar-refractivity contribution in [1.82, 2.24) is 19.4 Å². The fourth-order valence-corrected chi connectivity index (χ4v) is 3.61. The van der Waals surface area contributed by atoms with Gasteiger partial charge in [-0.3, -0.25) is 14.7 Å². The molecule has 0 aliphatic carbocycles. The van der Waals surface area contributed by atoms with Crippen molar-refractivity contribution in [3.05, 3.63) is 75.6 Å². The molecule has 3 aromatic rings. The molecule has 0 saturated heterocycles. The Morgan fingerprint density at radius 2 is 2.12 bits per heavy atom. The average molecular weight is 367 g/mol. The summed E-state index contributed by atoms with van der Waals surface area (Å²) in [5.41, 5.74) is 2.87. The maximum Gasteiger partial charge on any atom is 0.280 e. The van der Waals surface area contributed by atoms with Gasteiger partial charge >= 0.3 is 0 Å². The van der Waals surface area contributed by atoms with Crippen LogP contribution in [0.15, 0.2) is 53.5 Å². The van der Waals surface area contributed by atoms with Crippen LogP contribution in [0.5, 0.6) is 0 Å². The summed E-state index contributed by atoms with van der Waals surface area (Å²) in [7, 11) is 0. The molecule has 0 N–H and O–H groups in total. The van der Waals surface area contributed by atoms with E-state index in [0.29, 0.717) is 16.2 Å². The fourth-order valence-electron chi connectivity index (χ4n) is 3.44. The van der Waals surface area contributed by atoms with Crippen LogP contribution in [0.1, 0.15) is 17.9 Å². The maximum atomic E-state index is 12.2. The van der Waals surface area contributed by atoms with E-state index in [9.17, 15) is 4.79 Å². The van der Waals surface area contributed by atoms with Crippen LogP contribution in [0.2, 0.25) is 5.02 Å². The van der Waals surface area contributed by atoms with Gasteiger partial charge in [-0.2, -0.15) is 4.98 Å². The van der Waals surface area contributed by atoms with Crippen LogP contribution in [-0.2, 0) is 6.54 Å². The van der Waals surface area contributed by atoms with Crippen LogP contribution in [0.25, 0.3) is 16.6 Å². The monoisotopic (exact) mass is 366 g/mol. The lowest BCUT2D eigenvalue weighted by molar-refractivity contribution is 0.288. The quantitative estimate of drug-likeness (QED) is 0.712. The Kier molecular flexibility index (Phi) is 4.57. The molecule has 1 aromatic carbocycles. The van der Waals surface area contributed by atoms with E-state index in [4.69, 9.17) is 11.6 Å². The summed E-state index contributed by atoms with van der Waals surface area (Å²) in [6.45, 7) is 4.48. The first-order valence-corrected chi connectivity index (χ1v) is 9.00. The molecule has 0 saturated carbocycles. The van der Waals surface area contributed by atoms with Gasteiger partial charge in [0.1, 0.15) is 5.82 Å². The molecule has 0 radical (unpaired) electrons. The SMILES string of the molecule is Cc1nc(=O)c2cc(Cl)ccc2n1C1=CCN(Cc2ccccn2)CC1. The summed E-state index contributed by atoms with van der Waals surface area (Å²) < 4.78 is 2.07. The first-order valence-electron chi connectivity index (χ1n) is 8.62. The van der Waals surface area contributed by atoms with Gasteiger partial charge < -0.3 is 4.57 Å². The van der Waals surface area contributed by atoms with E-state index in [1.165, 1.54) is 5.70 Å². The topological polar surface area (TPSA) is 51.0 Å². The predicted molar refractivity (Wildman–Crippen MR) is 104 cm³/mol. The minimum atomic E-state index is -0.232. The van der Waals surface area contributed by atoms with E-state index in [2.05, 4.69) is 25.5 Å². The highest BCUT2D eigenvalue weighted by molar-refractivity contribution is 6.31. The number of benzene rings is 1. The highest BCUT2D eigenvalue weighted by Gasteiger charge is 2.17. The van der Waals surface area contributed by atoms with Crippen LogP contribution in [-0.4, -0.2) is 32.5 Å². The first-order chi connectivity index (χ1) is 12.6. The lowest BCUT2D eigenvalue weighted by Crippen LogP contribution is -2.30. The number of halogens is 1. The molecule has 0 atom stereocenters. The second-order valence-electron chi connectivity index (χ2n) is 6.46. The zero-order chi connectivity index (χ0) is 18.1. The van der Waals surface area contributed by atoms with Crippen molar-refractivity contribution >= 4 is 28.2 Å². The van der Waals surface area contributed by atoms with E-state index in [1.807, 2.05) is 43.5 Å². The van der Waals surface area contributed by atoms with E-state index < -0.39 is 0 Å². The molecular formula is C20H19ClN4O. The molecule has 5 nitrogen and oxygen atoms in total. The Morgan fingerprint density at radius 3 is 2.85 bits per heavy atom. The largest absolute Gasteiger partial charge is 0.302 e. The van der Waals surface area contributed by atoms with Gasteiger partial charge in [0.15, 0.2) is 0 Å². The molecule has 0 fully saturated rings. The summed E-state index contributed by atoms with van der Waals surface area (Å²) in [4.78, 5) is 23.2. The Labute approximate surface area is 156 Å². The lowest BCUT2D eigenvalue weighted by Gasteiger charge is -2.28. The average Bonchev–Trinajstić information content (AvgIpc) is 2.64. The van der Waals surface area contributed by atoms with E-state index in [-0.39, 0.29) is 5.56 Å². The van der Waals surface area contributed by atoms with Crippen LogP contribution < -0.4 is 5.56 Å². The number of pyridine rings is 1. The third-order valence-electron chi connectivity index (χ3n) is 4.69. The number of aryl methyl sites for hydroxylation is 1. The molecule has 4 rings (SSSR count). The van der Waals surface area contributed by atoms with Crippen molar-refractivity contribution in [2.45, 2.75) is 19.9 Å². The zero-order valence-electron chi connectivity index (χ0n) is 14.5. The minimum absolute atomic E-state index is 0.232. The Hall–Kier alpha value is -2.50. The maximum absolute atomic E-state index is 12.2. The number of nitrogens with zero attached hydrogens (tertiary/aromatic N) is 4. The molecule has 1 aliphatic heterocycles. The molecule has 132 valence electrons. The molecule has 6 heteroatoms. The van der Waals surface area contributed by atoms with Crippen LogP contribution >= 0.6 is 11.6 Å². The number of fused-ring (bicyclic) bond motifs is 1. The minimum Gasteiger partial charge on any atom is -0.302 e. The molecular weight excluding hydrogens is 348 g/mol. The number of aromatic nitrogens is 3. The third-order valence-corrected chi connectivity index (χ3v) is 4.92. The second-order valence-corrected chi connectivity index (χ2v) is 6.90. The standard InChI is InChI=1S/C20H19ClN4O/c1-14-23-20(26)18-12-15(21)5-6-19(18)25(14)17-7-10-24(11-8-17)13-16-4-2-3-9-22-16/h2-7,9,12H,8,10-11,13H2,1H3. The lowest BCUT2D eigenvalue weighted by atomic mass is 10.1. The van der Waals surface area contributed by atoms with E-state index in [0.717, 1.165) is 37.3 Å². The number of hydrogen-bond acceptors (Lipinski definition) is 4. The molecule has 1 aliphatic rings. The van der Waals surface area contributed by atoms with Crippen molar-refractivity contribution in [2.24, 2.45) is 0 Å². The van der Waals surface area contributed by atoms with Gasteiger partial charge in [0, 0.05) is 43.0 Å². The van der Waals surface area contributed by atoms with Gasteiger partial charge in [0.25, 0.3) is 5.56 Å². The van der Waals surface area contributed by atoms with Crippen molar-refractivity contribution < 1.29 is 0 Å². The molecule has 0 bridgehead atoms. The molecule has 0 amide bonds. The highest BCUT2D eigenvalue weighted by atomic mass is 35.5. The van der Waals surface area contributed by atoms with E-state index in [1.54, 1.807) is 6.07 Å². The van der Waals surface area contributed by atoms with Gasteiger partial charge in [0.05, 0.1) is 16.6 Å². The van der Waals surface area contributed by atoms with Gasteiger partial charge in [-0.25, -0.2) is 0 Å². The molecule has 2 aromatic heterocycles. The highest BCUT2D eigenvalue weighted by Crippen LogP contribution is 2.24. The van der Waals surface area contributed by atoms with Crippen LogP contribution in [0.4, 0.5) is 0 Å². The number of hydrogen-bond donors (Lipinski definition) is 0. The van der Waals surface area contributed by atoms with Crippen molar-refractivity contribution in [1.29, 1.82) is 0 Å². The first kappa shape index (κ1) is 16.9. The molecule has 3 heterocycles. The van der Waals surface area contributed by atoms with Gasteiger partial charge in [-0.05, 0) is 37.3 Å². The summed E-state index contributed by atoms with van der Waals surface area (Å²) in [6, 6.07) is 11.4. The summed E-state index contributed by atoms with van der Waals surface area (Å²) in [5, 5.41) is 1.10. The third kappa shape index (κ3) is 3.28. The smallest absolute Gasteiger partial charge is 0.280 e. The van der Waals surface area contributed by atoms with Crippen molar-refractivity contribution in [2.75, 3.05) is 13.1 Å². The van der Waals surface area contributed by atoms with Crippen molar-refractivity contribution in [3.8, 4) is 0 Å². The summed E-state index contributed by atoms with van der Waals surface area (Å²) in [5.74, 6) is 0.703. The van der Waals surface area contributed by atoms with Gasteiger partial charge in [-0.1, -0.05) is 23.7 Å². The van der Waals surface area contributed by atoms with Gasteiger partial charge in [-0.15, -0.1) is 0 Å².